The largest absolute Gasteiger partial charge is 0.489 e. The summed E-state index contributed by atoms with van der Waals surface area (Å²) in [5.41, 5.74) is 3.59. The molecule has 6 heteroatoms. The molecule has 0 unspecified atom stereocenters. The first-order chi connectivity index (χ1) is 13.1. The first kappa shape index (κ1) is 18.6. The zero-order valence-electron chi connectivity index (χ0n) is 15.9. The topological polar surface area (TPSA) is 76.6 Å². The van der Waals surface area contributed by atoms with Crippen molar-refractivity contribution in [2.45, 2.75) is 46.1 Å². The first-order valence-electron chi connectivity index (χ1n) is 9.15. The van der Waals surface area contributed by atoms with Crippen LogP contribution in [0.25, 0.3) is 5.82 Å². The van der Waals surface area contributed by atoms with E-state index in [9.17, 15) is 5.26 Å². The molecule has 3 aromatic rings. The predicted octanol–water partition coefficient (Wildman–Crippen LogP) is 3.86. The van der Waals surface area contributed by atoms with Crippen molar-refractivity contribution in [1.29, 1.82) is 5.26 Å². The van der Waals surface area contributed by atoms with Gasteiger partial charge < -0.3 is 4.74 Å². The summed E-state index contributed by atoms with van der Waals surface area (Å²) in [5, 5.41) is 13.7. The Labute approximate surface area is 159 Å². The van der Waals surface area contributed by atoms with E-state index in [0.29, 0.717) is 17.8 Å². The van der Waals surface area contributed by atoms with Crippen LogP contribution in [0.4, 0.5) is 0 Å². The average molecular weight is 361 g/mol. The number of aromatic nitrogens is 4. The van der Waals surface area contributed by atoms with E-state index in [1.807, 2.05) is 19.9 Å². The van der Waals surface area contributed by atoms with Crippen molar-refractivity contribution in [3.05, 3.63) is 65.4 Å². The van der Waals surface area contributed by atoms with Crippen LogP contribution in [0.3, 0.4) is 0 Å². The van der Waals surface area contributed by atoms with Crippen molar-refractivity contribution >= 4 is 0 Å². The van der Waals surface area contributed by atoms with E-state index < -0.39 is 0 Å². The minimum absolute atomic E-state index is 0.113. The van der Waals surface area contributed by atoms with Crippen LogP contribution >= 0.6 is 0 Å². The maximum Gasteiger partial charge on any atom is 0.171 e. The van der Waals surface area contributed by atoms with E-state index in [2.05, 4.69) is 34.1 Å². The Hall–Kier alpha value is -3.20. The van der Waals surface area contributed by atoms with Crippen LogP contribution in [0, 0.1) is 11.3 Å². The highest BCUT2D eigenvalue weighted by Crippen LogP contribution is 2.22. The minimum Gasteiger partial charge on any atom is -0.489 e. The van der Waals surface area contributed by atoms with Gasteiger partial charge in [-0.25, -0.2) is 9.67 Å². The standard InChI is InChI=1S/C21H23N5O/c1-4-6-16-11-19(27-15(2)3)14-24-20(16)12-18-8-10-25-26(18)21-17(13-22)7-5-9-23-21/h5,7-11,14-15H,4,6,12H2,1-3H3. The summed E-state index contributed by atoms with van der Waals surface area (Å²) in [4.78, 5) is 8.99. The molecule has 0 saturated carbocycles. The Morgan fingerprint density at radius 2 is 2.07 bits per heavy atom. The van der Waals surface area contributed by atoms with Crippen LogP contribution in [0.2, 0.25) is 0 Å². The van der Waals surface area contributed by atoms with Crippen LogP contribution in [-0.4, -0.2) is 25.9 Å². The number of hydrogen-bond donors (Lipinski definition) is 0. The van der Waals surface area contributed by atoms with E-state index in [1.54, 1.807) is 35.4 Å². The summed E-state index contributed by atoms with van der Waals surface area (Å²) in [7, 11) is 0. The summed E-state index contributed by atoms with van der Waals surface area (Å²) in [6.07, 6.45) is 7.84. The van der Waals surface area contributed by atoms with E-state index in [-0.39, 0.29) is 6.10 Å². The Balaban J connectivity index is 1.95. The summed E-state index contributed by atoms with van der Waals surface area (Å²) >= 11 is 0. The molecule has 0 atom stereocenters. The molecule has 27 heavy (non-hydrogen) atoms. The molecule has 0 aliphatic rings. The molecule has 3 heterocycles. The van der Waals surface area contributed by atoms with Gasteiger partial charge in [-0.3, -0.25) is 4.98 Å². The Morgan fingerprint density at radius 3 is 2.81 bits per heavy atom. The molecule has 0 fully saturated rings. The van der Waals surface area contributed by atoms with E-state index in [0.717, 1.165) is 30.0 Å². The highest BCUT2D eigenvalue weighted by molar-refractivity contribution is 5.44. The van der Waals surface area contributed by atoms with Gasteiger partial charge in [0.05, 0.1) is 23.6 Å². The molecule has 3 rings (SSSR count). The zero-order valence-corrected chi connectivity index (χ0v) is 15.9. The van der Waals surface area contributed by atoms with Crippen molar-refractivity contribution in [2.24, 2.45) is 0 Å². The summed E-state index contributed by atoms with van der Waals surface area (Å²) in [5.74, 6) is 1.33. The monoisotopic (exact) mass is 361 g/mol. The highest BCUT2D eigenvalue weighted by atomic mass is 16.5. The van der Waals surface area contributed by atoms with E-state index in [1.165, 1.54) is 5.56 Å². The van der Waals surface area contributed by atoms with Crippen molar-refractivity contribution in [3.8, 4) is 17.6 Å². The molecule has 3 aromatic heterocycles. The maximum atomic E-state index is 9.36. The second-order valence-electron chi connectivity index (χ2n) is 6.59. The molecule has 6 nitrogen and oxygen atoms in total. The minimum atomic E-state index is 0.113. The maximum absolute atomic E-state index is 9.36. The average Bonchev–Trinajstić information content (AvgIpc) is 3.11. The molecule has 0 amide bonds. The Bertz CT molecular complexity index is 955. The van der Waals surface area contributed by atoms with Crippen LogP contribution in [0.15, 0.2) is 42.9 Å². The van der Waals surface area contributed by atoms with Gasteiger partial charge in [-0.05, 0) is 50.1 Å². The lowest BCUT2D eigenvalue weighted by molar-refractivity contribution is 0.241. The fraction of sp³-hybridized carbons (Fsp3) is 0.333. The van der Waals surface area contributed by atoms with Crippen LogP contribution in [0.1, 0.15) is 49.7 Å². The van der Waals surface area contributed by atoms with Gasteiger partial charge in [0.25, 0.3) is 0 Å². The van der Waals surface area contributed by atoms with Crippen LogP contribution in [-0.2, 0) is 12.8 Å². The van der Waals surface area contributed by atoms with Gasteiger partial charge >= 0.3 is 0 Å². The molecule has 0 radical (unpaired) electrons. The number of hydrogen-bond acceptors (Lipinski definition) is 5. The molecular formula is C21H23N5O. The lowest BCUT2D eigenvalue weighted by Crippen LogP contribution is -2.10. The van der Waals surface area contributed by atoms with Crippen molar-refractivity contribution in [1.82, 2.24) is 19.7 Å². The number of rotatable bonds is 7. The van der Waals surface area contributed by atoms with Gasteiger partial charge in [0.2, 0.25) is 0 Å². The number of pyridine rings is 2. The van der Waals surface area contributed by atoms with Gasteiger partial charge in [-0.2, -0.15) is 10.4 Å². The summed E-state index contributed by atoms with van der Waals surface area (Å²) in [6, 6.07) is 9.68. The van der Waals surface area contributed by atoms with Crippen LogP contribution < -0.4 is 4.74 Å². The quantitative estimate of drug-likeness (QED) is 0.638. The van der Waals surface area contributed by atoms with E-state index >= 15 is 0 Å². The molecule has 0 spiro atoms. The third kappa shape index (κ3) is 4.32. The lowest BCUT2D eigenvalue weighted by Gasteiger charge is -2.14. The Morgan fingerprint density at radius 1 is 1.22 bits per heavy atom. The van der Waals surface area contributed by atoms with Gasteiger partial charge in [0.15, 0.2) is 5.82 Å². The number of ether oxygens (including phenoxy) is 1. The summed E-state index contributed by atoms with van der Waals surface area (Å²) < 4.78 is 7.51. The number of nitriles is 1. The molecule has 0 aliphatic carbocycles. The normalized spacial score (nSPS) is 10.8. The van der Waals surface area contributed by atoms with Crippen molar-refractivity contribution in [2.75, 3.05) is 0 Å². The highest BCUT2D eigenvalue weighted by Gasteiger charge is 2.14. The lowest BCUT2D eigenvalue weighted by atomic mass is 10.0. The molecule has 0 aliphatic heterocycles. The SMILES string of the molecule is CCCc1cc(OC(C)C)cnc1Cc1ccnn1-c1ncccc1C#N. The van der Waals surface area contributed by atoms with Crippen molar-refractivity contribution in [3.63, 3.8) is 0 Å². The number of nitrogens with zero attached hydrogens (tertiary/aromatic N) is 5. The molecule has 0 saturated heterocycles. The van der Waals surface area contributed by atoms with Crippen molar-refractivity contribution < 1.29 is 4.74 Å². The fourth-order valence-electron chi connectivity index (χ4n) is 2.98. The zero-order chi connectivity index (χ0) is 19.2. The van der Waals surface area contributed by atoms with Gasteiger partial charge in [0.1, 0.15) is 11.8 Å². The Kier molecular flexibility index (Phi) is 5.82. The fourth-order valence-corrected chi connectivity index (χ4v) is 2.98. The second-order valence-corrected chi connectivity index (χ2v) is 6.59. The van der Waals surface area contributed by atoms with Gasteiger partial charge in [0, 0.05) is 24.5 Å². The molecule has 0 bridgehead atoms. The second kappa shape index (κ2) is 8.45. The molecule has 0 N–H and O–H groups in total. The number of aryl methyl sites for hydroxylation is 1. The molecule has 138 valence electrons. The molecule has 0 aromatic carbocycles. The van der Waals surface area contributed by atoms with Crippen LogP contribution in [0.5, 0.6) is 5.75 Å². The first-order valence-corrected chi connectivity index (χ1v) is 9.15. The summed E-state index contributed by atoms with van der Waals surface area (Å²) in [6.45, 7) is 6.16. The van der Waals surface area contributed by atoms with Gasteiger partial charge in [-0.1, -0.05) is 13.3 Å². The third-order valence-electron chi connectivity index (χ3n) is 4.10. The van der Waals surface area contributed by atoms with Gasteiger partial charge in [-0.15, -0.1) is 0 Å². The third-order valence-corrected chi connectivity index (χ3v) is 4.10. The van der Waals surface area contributed by atoms with E-state index in [4.69, 9.17) is 4.74 Å². The predicted molar refractivity (Wildman–Crippen MR) is 103 cm³/mol. The smallest absolute Gasteiger partial charge is 0.171 e. The molecular weight excluding hydrogens is 338 g/mol.